The monoisotopic (exact) mass is 397 g/mol. The first kappa shape index (κ1) is 18.6. The van der Waals surface area contributed by atoms with Gasteiger partial charge in [-0.3, -0.25) is 19.3 Å². The SMILES string of the molecule is COc1ccc(NC(=O)[C@H]2CC[C@H](N3C(=O)[C@@H]4[C@@H]5CC[C@@H](C5)[C@@H]4C3=O)CC2)cn1. The summed E-state index contributed by atoms with van der Waals surface area (Å²) in [6.45, 7) is 0. The smallest absolute Gasteiger partial charge is 0.233 e. The Hall–Kier alpha value is -2.44. The predicted octanol–water partition coefficient (Wildman–Crippen LogP) is 2.62. The number of anilines is 1. The molecule has 0 spiro atoms. The number of nitrogens with one attached hydrogen (secondary N) is 1. The number of likely N-dealkylation sites (tertiary alicyclic amines) is 1. The molecular weight excluding hydrogens is 370 g/mol. The van der Waals surface area contributed by atoms with E-state index in [0.29, 0.717) is 49.1 Å². The minimum Gasteiger partial charge on any atom is -0.481 e. The molecule has 2 heterocycles. The summed E-state index contributed by atoms with van der Waals surface area (Å²) in [5, 5.41) is 2.91. The molecule has 3 saturated carbocycles. The molecule has 1 aromatic rings. The highest BCUT2D eigenvalue weighted by Crippen LogP contribution is 2.56. The van der Waals surface area contributed by atoms with Crippen LogP contribution in [0.25, 0.3) is 0 Å². The normalized spacial score (nSPS) is 35.7. The van der Waals surface area contributed by atoms with E-state index in [2.05, 4.69) is 10.3 Å². The Kier molecular flexibility index (Phi) is 4.56. The number of amides is 3. The fourth-order valence-electron chi connectivity index (χ4n) is 6.21. The average molecular weight is 397 g/mol. The summed E-state index contributed by atoms with van der Waals surface area (Å²) in [5.41, 5.74) is 0.645. The zero-order valence-corrected chi connectivity index (χ0v) is 16.7. The molecule has 2 bridgehead atoms. The Morgan fingerprint density at radius 2 is 1.69 bits per heavy atom. The molecule has 3 aliphatic carbocycles. The lowest BCUT2D eigenvalue weighted by Crippen LogP contribution is -2.44. The lowest BCUT2D eigenvalue weighted by atomic mass is 9.81. The quantitative estimate of drug-likeness (QED) is 0.789. The van der Waals surface area contributed by atoms with Gasteiger partial charge in [0, 0.05) is 18.0 Å². The summed E-state index contributed by atoms with van der Waals surface area (Å²) in [7, 11) is 1.55. The number of fused-ring (bicyclic) bond motifs is 5. The first-order valence-corrected chi connectivity index (χ1v) is 10.7. The zero-order valence-electron chi connectivity index (χ0n) is 16.7. The molecular formula is C22H27N3O4. The summed E-state index contributed by atoms with van der Waals surface area (Å²) >= 11 is 0. The maximum Gasteiger partial charge on any atom is 0.233 e. The molecule has 4 aliphatic rings. The van der Waals surface area contributed by atoms with Gasteiger partial charge in [0.05, 0.1) is 30.8 Å². The first-order valence-electron chi connectivity index (χ1n) is 10.7. The van der Waals surface area contributed by atoms with Crippen molar-refractivity contribution < 1.29 is 19.1 Å². The minimum absolute atomic E-state index is 0.0237. The highest BCUT2D eigenvalue weighted by Gasteiger charge is 2.61. The van der Waals surface area contributed by atoms with E-state index in [-0.39, 0.29) is 41.5 Å². The number of carbonyl (C=O) groups is 3. The molecule has 4 atom stereocenters. The third-order valence-electron chi connectivity index (χ3n) is 7.61. The van der Waals surface area contributed by atoms with E-state index in [0.717, 1.165) is 19.3 Å². The number of imide groups is 1. The van der Waals surface area contributed by atoms with Crippen LogP contribution in [0.2, 0.25) is 0 Å². The molecule has 1 aromatic heterocycles. The molecule has 3 amide bonds. The second-order valence-corrected chi connectivity index (χ2v) is 9.02. The molecule has 1 N–H and O–H groups in total. The van der Waals surface area contributed by atoms with Crippen LogP contribution in [0, 0.1) is 29.6 Å². The topological polar surface area (TPSA) is 88.6 Å². The van der Waals surface area contributed by atoms with Gasteiger partial charge in [-0.2, -0.15) is 0 Å². The highest BCUT2D eigenvalue weighted by atomic mass is 16.5. The van der Waals surface area contributed by atoms with E-state index >= 15 is 0 Å². The van der Waals surface area contributed by atoms with Crippen LogP contribution in [-0.2, 0) is 14.4 Å². The van der Waals surface area contributed by atoms with Crippen LogP contribution in [0.5, 0.6) is 5.88 Å². The van der Waals surface area contributed by atoms with Crippen LogP contribution in [0.3, 0.4) is 0 Å². The largest absolute Gasteiger partial charge is 0.481 e. The van der Waals surface area contributed by atoms with Gasteiger partial charge < -0.3 is 10.1 Å². The maximum absolute atomic E-state index is 13.0. The van der Waals surface area contributed by atoms with E-state index < -0.39 is 0 Å². The Bertz CT molecular complexity index is 803. The van der Waals surface area contributed by atoms with E-state index in [1.807, 2.05) is 0 Å². The van der Waals surface area contributed by atoms with Gasteiger partial charge >= 0.3 is 0 Å². The zero-order chi connectivity index (χ0) is 20.1. The molecule has 154 valence electrons. The van der Waals surface area contributed by atoms with Crippen molar-refractivity contribution >= 4 is 23.4 Å². The van der Waals surface area contributed by atoms with Gasteiger partial charge in [0.15, 0.2) is 0 Å². The summed E-state index contributed by atoms with van der Waals surface area (Å²) in [4.78, 5) is 44.3. The van der Waals surface area contributed by atoms with Crippen LogP contribution in [0.15, 0.2) is 18.3 Å². The molecule has 4 fully saturated rings. The number of nitrogens with zero attached hydrogens (tertiary/aromatic N) is 2. The fraction of sp³-hybridized carbons (Fsp3) is 0.636. The Labute approximate surface area is 170 Å². The second kappa shape index (κ2) is 7.11. The Morgan fingerprint density at radius 1 is 1.03 bits per heavy atom. The van der Waals surface area contributed by atoms with Crippen LogP contribution in [-0.4, -0.2) is 40.8 Å². The summed E-state index contributed by atoms with van der Waals surface area (Å²) < 4.78 is 5.03. The number of pyridine rings is 1. The number of ether oxygens (including phenoxy) is 1. The first-order chi connectivity index (χ1) is 14.1. The molecule has 0 radical (unpaired) electrons. The molecule has 5 rings (SSSR count). The van der Waals surface area contributed by atoms with Gasteiger partial charge in [-0.15, -0.1) is 0 Å². The summed E-state index contributed by atoms with van der Waals surface area (Å²) in [5.74, 6) is 1.27. The van der Waals surface area contributed by atoms with Crippen molar-refractivity contribution in [3.8, 4) is 5.88 Å². The van der Waals surface area contributed by atoms with E-state index in [9.17, 15) is 14.4 Å². The van der Waals surface area contributed by atoms with Crippen molar-refractivity contribution in [3.05, 3.63) is 18.3 Å². The third-order valence-corrected chi connectivity index (χ3v) is 7.61. The van der Waals surface area contributed by atoms with Crippen molar-refractivity contribution in [2.75, 3.05) is 12.4 Å². The van der Waals surface area contributed by atoms with Crippen molar-refractivity contribution in [2.45, 2.75) is 51.0 Å². The number of carbonyl (C=O) groups excluding carboxylic acids is 3. The van der Waals surface area contributed by atoms with Crippen molar-refractivity contribution in [1.29, 1.82) is 0 Å². The van der Waals surface area contributed by atoms with Crippen molar-refractivity contribution in [2.24, 2.45) is 29.6 Å². The lowest BCUT2D eigenvalue weighted by molar-refractivity contribution is -0.144. The standard InChI is InChI=1S/C22H27N3O4/c1-29-17-9-6-15(11-23-17)24-20(26)12-4-7-16(8-5-12)25-21(27)18-13-2-3-14(10-13)19(18)22(25)28/h6,9,11-14,16,18-19H,2-5,7-8,10H2,1H3,(H,24,26)/t12-,13-,14+,16-,18-,19+. The van der Waals surface area contributed by atoms with Crippen LogP contribution < -0.4 is 10.1 Å². The van der Waals surface area contributed by atoms with Crippen LogP contribution >= 0.6 is 0 Å². The van der Waals surface area contributed by atoms with Crippen molar-refractivity contribution in [1.82, 2.24) is 9.88 Å². The lowest BCUT2D eigenvalue weighted by Gasteiger charge is -2.33. The minimum atomic E-state index is -0.100. The van der Waals surface area contributed by atoms with Crippen LogP contribution in [0.1, 0.15) is 44.9 Å². The van der Waals surface area contributed by atoms with Gasteiger partial charge in [0.25, 0.3) is 0 Å². The molecule has 0 unspecified atom stereocenters. The number of hydrogen-bond donors (Lipinski definition) is 1. The number of hydrogen-bond acceptors (Lipinski definition) is 5. The fourth-order valence-corrected chi connectivity index (χ4v) is 6.21. The Morgan fingerprint density at radius 3 is 2.24 bits per heavy atom. The molecule has 1 aliphatic heterocycles. The predicted molar refractivity (Wildman–Crippen MR) is 105 cm³/mol. The van der Waals surface area contributed by atoms with E-state index in [1.165, 1.54) is 0 Å². The van der Waals surface area contributed by atoms with Crippen LogP contribution in [0.4, 0.5) is 5.69 Å². The van der Waals surface area contributed by atoms with Crippen molar-refractivity contribution in [3.63, 3.8) is 0 Å². The van der Waals surface area contributed by atoms with Gasteiger partial charge in [-0.1, -0.05) is 0 Å². The number of aromatic nitrogens is 1. The number of methoxy groups -OCH3 is 1. The average Bonchev–Trinajstić information content (AvgIpc) is 3.42. The molecule has 1 saturated heterocycles. The molecule has 29 heavy (non-hydrogen) atoms. The highest BCUT2D eigenvalue weighted by molar-refractivity contribution is 6.06. The summed E-state index contributed by atoms with van der Waals surface area (Å²) in [6, 6.07) is 3.44. The van der Waals surface area contributed by atoms with Gasteiger partial charge in [0.1, 0.15) is 0 Å². The summed E-state index contributed by atoms with van der Waals surface area (Å²) in [6.07, 6.45) is 7.66. The molecule has 7 nitrogen and oxygen atoms in total. The van der Waals surface area contributed by atoms with Gasteiger partial charge in [0.2, 0.25) is 23.6 Å². The second-order valence-electron chi connectivity index (χ2n) is 9.02. The van der Waals surface area contributed by atoms with E-state index in [1.54, 1.807) is 30.3 Å². The molecule has 0 aromatic carbocycles. The van der Waals surface area contributed by atoms with Gasteiger partial charge in [-0.05, 0) is 62.8 Å². The third kappa shape index (κ3) is 3.02. The molecule has 7 heteroatoms. The van der Waals surface area contributed by atoms with E-state index in [4.69, 9.17) is 4.74 Å². The number of rotatable bonds is 4. The Balaban J connectivity index is 1.19. The maximum atomic E-state index is 13.0. The van der Waals surface area contributed by atoms with Gasteiger partial charge in [-0.25, -0.2) is 4.98 Å².